The number of nitrogens with one attached hydrogen (secondary N) is 1. The minimum Gasteiger partial charge on any atom is -0.492 e. The van der Waals surface area contributed by atoms with E-state index < -0.39 is 90.0 Å². The first-order valence-electron chi connectivity index (χ1n) is 13.2. The number of carbonyl (C=O) groups is 2. The van der Waals surface area contributed by atoms with Crippen LogP contribution in [0.1, 0.15) is 12.5 Å². The zero-order valence-electron chi connectivity index (χ0n) is 24.1. The van der Waals surface area contributed by atoms with Crippen LogP contribution < -0.4 is 10.1 Å². The van der Waals surface area contributed by atoms with Gasteiger partial charge in [-0.25, -0.2) is 14.0 Å². The lowest BCUT2D eigenvalue weighted by atomic mass is 9.93. The normalized spacial score (nSPS) is 14.0. The topological polar surface area (TPSA) is 88.1 Å². The summed E-state index contributed by atoms with van der Waals surface area (Å²) in [6.07, 6.45) is -8.94. The van der Waals surface area contributed by atoms with Crippen molar-refractivity contribution >= 4 is 17.7 Å². The summed E-state index contributed by atoms with van der Waals surface area (Å²) in [7, 11) is 0. The third kappa shape index (κ3) is 8.51. The SMILES string of the molecule is CCOC(Cc1ccc(OCCN(CC(F)(F)C(F)(F)C(F)(F)C(F)(F)C(F)(F)C(F)(F)F)C(=O)Nc2ccc(F)cc2)cc1)C(=O)O. The number of carboxylic acid groups (broad SMARTS) is 1. The Labute approximate surface area is 261 Å². The molecule has 0 bridgehead atoms. The molecule has 0 heterocycles. The molecule has 0 aliphatic heterocycles. The lowest BCUT2D eigenvalue weighted by Crippen LogP contribution is -2.71. The third-order valence-corrected chi connectivity index (χ3v) is 6.39. The molecule has 1 atom stereocenters. The molecule has 0 fully saturated rings. The van der Waals surface area contributed by atoms with E-state index in [1.807, 2.05) is 0 Å². The van der Waals surface area contributed by atoms with Crippen LogP contribution in [0.2, 0.25) is 0 Å². The Morgan fingerprint density at radius 3 is 1.79 bits per heavy atom. The number of rotatable bonds is 16. The predicted molar refractivity (Wildman–Crippen MR) is 136 cm³/mol. The molecule has 7 nitrogen and oxygen atoms in total. The fourth-order valence-electron chi connectivity index (χ4n) is 3.76. The lowest BCUT2D eigenvalue weighted by molar-refractivity contribution is -0.439. The predicted octanol–water partition coefficient (Wildman–Crippen LogP) is 7.51. The Bertz CT molecular complexity index is 1390. The van der Waals surface area contributed by atoms with Crippen molar-refractivity contribution in [2.75, 3.05) is 31.6 Å². The van der Waals surface area contributed by atoms with Gasteiger partial charge in [0.25, 0.3) is 0 Å². The molecule has 0 spiro atoms. The van der Waals surface area contributed by atoms with E-state index in [0.717, 1.165) is 12.1 Å². The second kappa shape index (κ2) is 14.6. The van der Waals surface area contributed by atoms with E-state index in [1.54, 1.807) is 12.2 Å². The molecule has 2 rings (SSSR count). The van der Waals surface area contributed by atoms with Crippen LogP contribution in [0, 0.1) is 5.82 Å². The number of anilines is 1. The Kier molecular flexibility index (Phi) is 12.2. The molecule has 21 heteroatoms. The summed E-state index contributed by atoms with van der Waals surface area (Å²) >= 11 is 0. The monoisotopic (exact) mass is 722 g/mol. The second-order valence-corrected chi connectivity index (χ2v) is 9.84. The molecule has 2 amide bonds. The number of hydrogen-bond acceptors (Lipinski definition) is 4. The number of aliphatic carboxylic acids is 1. The van der Waals surface area contributed by atoms with Crippen LogP contribution in [0.25, 0.3) is 0 Å². The molecular weight excluding hydrogens is 698 g/mol. The van der Waals surface area contributed by atoms with E-state index in [-0.39, 0.29) is 18.8 Å². The van der Waals surface area contributed by atoms with Crippen molar-refractivity contribution in [2.24, 2.45) is 0 Å². The van der Waals surface area contributed by atoms with Crippen molar-refractivity contribution < 1.29 is 85.6 Å². The summed E-state index contributed by atoms with van der Waals surface area (Å²) in [6.45, 7) is -3.55. The fraction of sp³-hybridized carbons (Fsp3) is 0.481. The number of halogens is 14. The summed E-state index contributed by atoms with van der Waals surface area (Å²) in [5.41, 5.74) is -0.0226. The van der Waals surface area contributed by atoms with Crippen molar-refractivity contribution in [3.05, 3.63) is 59.9 Å². The Morgan fingerprint density at radius 2 is 1.31 bits per heavy atom. The molecule has 270 valence electrons. The van der Waals surface area contributed by atoms with Gasteiger partial charge in [0.2, 0.25) is 0 Å². The maximum Gasteiger partial charge on any atom is 0.460 e. The molecule has 0 radical (unpaired) electrons. The molecule has 0 aliphatic carbocycles. The van der Waals surface area contributed by atoms with Gasteiger partial charge >= 0.3 is 47.8 Å². The summed E-state index contributed by atoms with van der Waals surface area (Å²) in [5, 5.41) is 10.9. The zero-order valence-corrected chi connectivity index (χ0v) is 24.1. The van der Waals surface area contributed by atoms with Crippen molar-refractivity contribution in [3.8, 4) is 5.75 Å². The lowest BCUT2D eigenvalue weighted by Gasteiger charge is -2.40. The molecule has 2 N–H and O–H groups in total. The maximum absolute atomic E-state index is 14.7. The van der Waals surface area contributed by atoms with Crippen LogP contribution in [-0.4, -0.2) is 90.2 Å². The Hall–Kier alpha value is -4.04. The summed E-state index contributed by atoms with van der Waals surface area (Å²) in [4.78, 5) is 23.5. The van der Waals surface area contributed by atoms with E-state index >= 15 is 0 Å². The van der Waals surface area contributed by atoms with Crippen LogP contribution >= 0.6 is 0 Å². The Morgan fingerprint density at radius 1 is 0.792 bits per heavy atom. The number of alkyl halides is 13. The van der Waals surface area contributed by atoms with Gasteiger partial charge in [-0.05, 0) is 48.9 Å². The van der Waals surface area contributed by atoms with Gasteiger partial charge < -0.3 is 24.8 Å². The van der Waals surface area contributed by atoms with E-state index in [2.05, 4.69) is 0 Å². The van der Waals surface area contributed by atoms with Gasteiger partial charge in [-0.1, -0.05) is 12.1 Å². The minimum atomic E-state index is -8.12. The summed E-state index contributed by atoms with van der Waals surface area (Å²) in [5.74, 6) is -40.6. The van der Waals surface area contributed by atoms with Gasteiger partial charge in [0.1, 0.15) is 18.2 Å². The van der Waals surface area contributed by atoms with E-state index in [9.17, 15) is 71.1 Å². The van der Waals surface area contributed by atoms with Crippen molar-refractivity contribution in [2.45, 2.75) is 55.2 Å². The quantitative estimate of drug-likeness (QED) is 0.175. The molecule has 0 saturated heterocycles. The van der Waals surface area contributed by atoms with Crippen LogP contribution in [0.5, 0.6) is 5.75 Å². The largest absolute Gasteiger partial charge is 0.492 e. The number of amides is 2. The van der Waals surface area contributed by atoms with Gasteiger partial charge in [-0.3, -0.25) is 0 Å². The summed E-state index contributed by atoms with van der Waals surface area (Å²) in [6, 6.07) is 6.20. The Balaban J connectivity index is 2.33. The average molecular weight is 722 g/mol. The van der Waals surface area contributed by atoms with Crippen molar-refractivity contribution in [1.29, 1.82) is 0 Å². The van der Waals surface area contributed by atoms with Gasteiger partial charge in [-0.2, -0.15) is 57.1 Å². The van der Waals surface area contributed by atoms with Gasteiger partial charge in [0, 0.05) is 18.7 Å². The molecule has 0 saturated carbocycles. The number of urea groups is 1. The highest BCUT2D eigenvalue weighted by molar-refractivity contribution is 5.89. The highest BCUT2D eigenvalue weighted by atomic mass is 19.4. The first-order valence-corrected chi connectivity index (χ1v) is 13.2. The van der Waals surface area contributed by atoms with Gasteiger partial charge in [0.05, 0.1) is 13.1 Å². The number of benzene rings is 2. The van der Waals surface area contributed by atoms with Gasteiger partial charge in [0.15, 0.2) is 6.10 Å². The maximum atomic E-state index is 14.7. The molecule has 2 aromatic carbocycles. The number of carboxylic acids is 1. The first-order chi connectivity index (χ1) is 21.8. The molecular formula is C27H24F14N2O5. The molecule has 48 heavy (non-hydrogen) atoms. The van der Waals surface area contributed by atoms with Crippen molar-refractivity contribution in [1.82, 2.24) is 4.90 Å². The zero-order chi connectivity index (χ0) is 36.9. The molecule has 0 aromatic heterocycles. The molecule has 0 aliphatic rings. The van der Waals surface area contributed by atoms with E-state index in [4.69, 9.17) is 14.6 Å². The first kappa shape index (κ1) is 40.1. The van der Waals surface area contributed by atoms with Crippen LogP contribution in [-0.2, 0) is 16.0 Å². The highest BCUT2D eigenvalue weighted by Gasteiger charge is 2.90. The number of ether oxygens (including phenoxy) is 2. The van der Waals surface area contributed by atoms with Crippen LogP contribution in [0.4, 0.5) is 71.9 Å². The number of hydrogen-bond donors (Lipinski definition) is 2. The second-order valence-electron chi connectivity index (χ2n) is 9.84. The summed E-state index contributed by atoms with van der Waals surface area (Å²) < 4.78 is 200. The molecule has 1 unspecified atom stereocenters. The number of carbonyl (C=O) groups excluding carboxylic acids is 1. The van der Waals surface area contributed by atoms with Gasteiger partial charge in [-0.15, -0.1) is 0 Å². The third-order valence-electron chi connectivity index (χ3n) is 6.39. The number of nitrogens with zero attached hydrogens (tertiary/aromatic N) is 1. The van der Waals surface area contributed by atoms with Crippen LogP contribution in [0.3, 0.4) is 0 Å². The smallest absolute Gasteiger partial charge is 0.460 e. The average Bonchev–Trinajstić information content (AvgIpc) is 2.97. The van der Waals surface area contributed by atoms with E-state index in [0.29, 0.717) is 17.7 Å². The highest BCUT2D eigenvalue weighted by Crippen LogP contribution is 2.60. The standard InChI is InChI=1S/C27H24F14N2O5/c1-2-47-19(20(44)45)13-15-3-9-18(10-4-15)48-12-11-43(21(46)42-17-7-5-16(28)6-8-17)14-22(29,30)23(31,32)24(33,34)25(35,36)26(37,38)27(39,40)41/h3-10,19H,2,11-14H2,1H3,(H,42,46)(H,44,45). The minimum absolute atomic E-state index is 0.0640. The van der Waals surface area contributed by atoms with Crippen molar-refractivity contribution in [3.63, 3.8) is 0 Å². The fourth-order valence-corrected chi connectivity index (χ4v) is 3.76. The van der Waals surface area contributed by atoms with E-state index in [1.165, 1.54) is 24.3 Å². The molecule has 2 aromatic rings. The van der Waals surface area contributed by atoms with Crippen LogP contribution in [0.15, 0.2) is 48.5 Å².